The maximum absolute atomic E-state index is 12.5. The number of likely N-dealkylation sites (N-methyl/N-ethyl adjacent to an activating group) is 1. The normalized spacial score (nSPS) is 12.0. The first-order valence-corrected chi connectivity index (χ1v) is 23.1. The number of unbranched alkanes of at least 4 members (excludes halogenated alkanes) is 18. The van der Waals surface area contributed by atoms with Crippen LogP contribution in [0.15, 0.2) is 24.3 Å². The van der Waals surface area contributed by atoms with Gasteiger partial charge >= 0.3 is 11.9 Å². The number of carbonyl (C=O) groups excluding carboxylic acids is 2. The predicted octanol–water partition coefficient (Wildman–Crippen LogP) is 12.0. The fourth-order valence-corrected chi connectivity index (χ4v) is 6.30. The van der Waals surface area contributed by atoms with Gasteiger partial charge in [0.1, 0.15) is 6.61 Å². The van der Waals surface area contributed by atoms with E-state index in [4.69, 9.17) is 18.9 Å². The fourth-order valence-electron chi connectivity index (χ4n) is 6.30. The average Bonchev–Trinajstić information content (AvgIpc) is 3.17. The third-order valence-electron chi connectivity index (χ3n) is 9.94. The minimum atomic E-state index is -0.303. The van der Waals surface area contributed by atoms with Crippen LogP contribution in [0.1, 0.15) is 194 Å². The number of hydrogen-bond donors (Lipinski definition) is 0. The Morgan fingerprint density at radius 2 is 0.945 bits per heavy atom. The molecule has 0 aliphatic rings. The number of hydrogen-bond acceptors (Lipinski definition) is 8. The van der Waals surface area contributed by atoms with E-state index in [-0.39, 0.29) is 18.2 Å². The van der Waals surface area contributed by atoms with Crippen LogP contribution in [0.3, 0.4) is 0 Å². The maximum atomic E-state index is 12.5. The Kier molecular flexibility index (Phi) is 42.0. The predicted molar refractivity (Wildman–Crippen MR) is 233 cm³/mol. The molecule has 0 aliphatic heterocycles. The monoisotopic (exact) mass is 779 g/mol. The summed E-state index contributed by atoms with van der Waals surface area (Å²) in [5.74, 6) is -0.218. The summed E-state index contributed by atoms with van der Waals surface area (Å²) in [6.45, 7) is 12.4. The minimum absolute atomic E-state index is 0.0778. The van der Waals surface area contributed by atoms with Crippen LogP contribution in [0.2, 0.25) is 0 Å². The molecule has 0 fully saturated rings. The second kappa shape index (κ2) is 43.4. The van der Waals surface area contributed by atoms with E-state index in [1.165, 1.54) is 96.3 Å². The highest BCUT2D eigenvalue weighted by Crippen LogP contribution is 2.12. The van der Waals surface area contributed by atoms with Crippen LogP contribution in [0, 0.1) is 0 Å². The minimum Gasteiger partial charge on any atom is -0.465 e. The summed E-state index contributed by atoms with van der Waals surface area (Å²) < 4.78 is 23.3. The lowest BCUT2D eigenvalue weighted by atomic mass is 10.1. The van der Waals surface area contributed by atoms with Gasteiger partial charge in [-0.3, -0.25) is 14.5 Å². The number of allylic oxidation sites excluding steroid dienone is 4. The summed E-state index contributed by atoms with van der Waals surface area (Å²) in [6.07, 6.45) is 38.1. The van der Waals surface area contributed by atoms with Crippen LogP contribution in [0.4, 0.5) is 0 Å². The molecule has 0 amide bonds. The molecule has 0 unspecified atom stereocenters. The topological polar surface area (TPSA) is 77.5 Å². The van der Waals surface area contributed by atoms with Gasteiger partial charge < -0.3 is 23.8 Å². The van der Waals surface area contributed by atoms with E-state index in [0.717, 1.165) is 84.0 Å². The lowest BCUT2D eigenvalue weighted by Gasteiger charge is -2.24. The van der Waals surface area contributed by atoms with E-state index in [2.05, 4.69) is 69.0 Å². The van der Waals surface area contributed by atoms with Crippen molar-refractivity contribution in [2.45, 2.75) is 200 Å². The SMILES string of the molecule is CCCCC/C=C\C/C=C\CCCCCCCC(=O)OCCN(CCCCCC(=O)OCCC(OCCCCCCC)OCCCCCCC)CCN(C)C. The van der Waals surface area contributed by atoms with E-state index in [9.17, 15) is 9.59 Å². The van der Waals surface area contributed by atoms with Crippen LogP contribution in [0.25, 0.3) is 0 Å². The van der Waals surface area contributed by atoms with Crippen LogP contribution < -0.4 is 0 Å². The van der Waals surface area contributed by atoms with Gasteiger partial charge in [0.25, 0.3) is 0 Å². The van der Waals surface area contributed by atoms with Gasteiger partial charge in [-0.1, -0.05) is 135 Å². The van der Waals surface area contributed by atoms with Gasteiger partial charge in [0.2, 0.25) is 0 Å². The van der Waals surface area contributed by atoms with Crippen molar-refractivity contribution < 1.29 is 28.5 Å². The number of carbonyl (C=O) groups is 2. The van der Waals surface area contributed by atoms with Gasteiger partial charge in [-0.15, -0.1) is 0 Å². The maximum Gasteiger partial charge on any atom is 0.305 e. The number of nitrogens with zero attached hydrogens (tertiary/aromatic N) is 2. The van der Waals surface area contributed by atoms with Crippen LogP contribution in [-0.2, 0) is 28.5 Å². The van der Waals surface area contributed by atoms with Crippen LogP contribution in [0.5, 0.6) is 0 Å². The molecule has 0 radical (unpaired) electrons. The number of ether oxygens (including phenoxy) is 4. The molecule has 0 aromatic rings. The molecule has 0 rings (SSSR count). The summed E-state index contributed by atoms with van der Waals surface area (Å²) >= 11 is 0. The highest BCUT2D eigenvalue weighted by Gasteiger charge is 2.13. The molecular weight excluding hydrogens is 689 g/mol. The summed E-state index contributed by atoms with van der Waals surface area (Å²) in [5, 5.41) is 0. The van der Waals surface area contributed by atoms with Crippen molar-refractivity contribution in [1.29, 1.82) is 0 Å². The zero-order valence-electron chi connectivity index (χ0n) is 37.0. The highest BCUT2D eigenvalue weighted by molar-refractivity contribution is 5.69. The third kappa shape index (κ3) is 41.7. The molecule has 0 saturated carbocycles. The Labute approximate surface area is 340 Å². The molecule has 55 heavy (non-hydrogen) atoms. The Balaban J connectivity index is 4.15. The van der Waals surface area contributed by atoms with Gasteiger partial charge in [0.05, 0.1) is 6.61 Å². The zero-order chi connectivity index (χ0) is 40.3. The van der Waals surface area contributed by atoms with E-state index in [1.54, 1.807) is 0 Å². The first-order chi connectivity index (χ1) is 26.9. The molecule has 0 heterocycles. The summed E-state index contributed by atoms with van der Waals surface area (Å²) in [7, 11) is 4.16. The van der Waals surface area contributed by atoms with Crippen molar-refractivity contribution in [2.24, 2.45) is 0 Å². The molecule has 0 aliphatic carbocycles. The molecule has 0 aromatic carbocycles. The molecule has 324 valence electrons. The first-order valence-electron chi connectivity index (χ1n) is 23.1. The largest absolute Gasteiger partial charge is 0.465 e. The van der Waals surface area contributed by atoms with Crippen molar-refractivity contribution in [3.05, 3.63) is 24.3 Å². The molecule has 0 spiro atoms. The molecule has 0 aromatic heterocycles. The molecule has 8 nitrogen and oxygen atoms in total. The number of rotatable bonds is 43. The molecular formula is C47H90N2O6. The van der Waals surface area contributed by atoms with Crippen molar-refractivity contribution in [3.8, 4) is 0 Å². The molecule has 0 atom stereocenters. The Bertz CT molecular complexity index is 863. The first kappa shape index (κ1) is 53.3. The van der Waals surface area contributed by atoms with E-state index >= 15 is 0 Å². The van der Waals surface area contributed by atoms with E-state index in [0.29, 0.717) is 45.7 Å². The van der Waals surface area contributed by atoms with Crippen molar-refractivity contribution in [1.82, 2.24) is 9.80 Å². The molecule has 8 heteroatoms. The van der Waals surface area contributed by atoms with Gasteiger partial charge in [-0.2, -0.15) is 0 Å². The summed E-state index contributed by atoms with van der Waals surface area (Å²) in [5.41, 5.74) is 0. The average molecular weight is 779 g/mol. The third-order valence-corrected chi connectivity index (χ3v) is 9.94. The van der Waals surface area contributed by atoms with Gasteiger partial charge in [0.15, 0.2) is 6.29 Å². The molecule has 0 bridgehead atoms. The quantitative estimate of drug-likeness (QED) is 0.0262. The van der Waals surface area contributed by atoms with Crippen molar-refractivity contribution in [2.75, 3.05) is 66.7 Å². The summed E-state index contributed by atoms with van der Waals surface area (Å²) in [6, 6.07) is 0. The van der Waals surface area contributed by atoms with E-state index in [1.807, 2.05) is 0 Å². The van der Waals surface area contributed by atoms with Crippen molar-refractivity contribution >= 4 is 11.9 Å². The highest BCUT2D eigenvalue weighted by atomic mass is 16.7. The fraction of sp³-hybridized carbons (Fsp3) is 0.872. The lowest BCUT2D eigenvalue weighted by molar-refractivity contribution is -0.161. The Morgan fingerprint density at radius 1 is 0.473 bits per heavy atom. The van der Waals surface area contributed by atoms with Gasteiger partial charge in [0, 0.05) is 52.1 Å². The smallest absolute Gasteiger partial charge is 0.305 e. The lowest BCUT2D eigenvalue weighted by Crippen LogP contribution is -2.35. The second-order valence-corrected chi connectivity index (χ2v) is 15.7. The Hall–Kier alpha value is -1.74. The van der Waals surface area contributed by atoms with Crippen molar-refractivity contribution in [3.63, 3.8) is 0 Å². The zero-order valence-corrected chi connectivity index (χ0v) is 37.0. The van der Waals surface area contributed by atoms with Gasteiger partial charge in [-0.05, 0) is 84.8 Å². The van der Waals surface area contributed by atoms with Gasteiger partial charge in [-0.25, -0.2) is 0 Å². The molecule has 0 N–H and O–H groups in total. The number of esters is 2. The second-order valence-electron chi connectivity index (χ2n) is 15.7. The van der Waals surface area contributed by atoms with Crippen LogP contribution in [-0.4, -0.2) is 94.7 Å². The standard InChI is InChI=1S/C47H90N2O6/c1-6-9-12-15-16-17-18-19-20-21-22-23-24-25-29-34-46(51)53-44-40-49(39-38-48(4)5)37-31-28-30-35-45(50)52-43-36-47(54-41-32-26-13-10-7-2)55-42-33-27-14-11-8-3/h16-17,19-20,47H,6-15,18,21-44H2,1-5H3/b17-16-,20-19-. The summed E-state index contributed by atoms with van der Waals surface area (Å²) in [4.78, 5) is 29.4. The Morgan fingerprint density at radius 3 is 1.53 bits per heavy atom. The van der Waals surface area contributed by atoms with E-state index < -0.39 is 0 Å². The van der Waals surface area contributed by atoms with Crippen LogP contribution >= 0.6 is 0 Å². The molecule has 0 saturated heterocycles.